The van der Waals surface area contributed by atoms with Crippen molar-refractivity contribution in [2.24, 2.45) is 7.05 Å². The number of piperazine rings is 2. The van der Waals surface area contributed by atoms with Crippen LogP contribution < -0.4 is 41.1 Å². The van der Waals surface area contributed by atoms with Crippen LogP contribution in [0, 0.1) is 0 Å². The SMILES string of the molecule is COc1cc(N2CCC(N3CCN(CN4CCN(c5ccc(C(=O)NC6CCC(=O)NC6=O)nc5)CC4)CC3)CC2)c(-c2cnn(C)c2)cc1Nc1ncc(Br)c(Nc2ccc(-c3ccccc3)cc2P(C)(C)=O)n1. The molecule has 4 fully saturated rings. The Morgan fingerprint density at radius 3 is 2.20 bits per heavy atom. The van der Waals surface area contributed by atoms with Gasteiger partial charge in [-0.3, -0.25) is 39.1 Å². The van der Waals surface area contributed by atoms with E-state index in [1.165, 1.54) is 0 Å². The van der Waals surface area contributed by atoms with E-state index in [1.807, 2.05) is 78.7 Å². The van der Waals surface area contributed by atoms with E-state index in [-0.39, 0.29) is 24.4 Å². The molecule has 1 atom stereocenters. The lowest BCUT2D eigenvalue weighted by Crippen LogP contribution is -2.56. The van der Waals surface area contributed by atoms with Gasteiger partial charge in [-0.05, 0) is 90.0 Å². The molecule has 0 aliphatic carbocycles. The number of hydrogen-bond donors (Lipinski definition) is 4. The third kappa shape index (κ3) is 12.2. The van der Waals surface area contributed by atoms with Crippen molar-refractivity contribution < 1.29 is 23.7 Å². The van der Waals surface area contributed by atoms with Crippen LogP contribution >= 0.6 is 23.1 Å². The Labute approximate surface area is 445 Å². The Morgan fingerprint density at radius 2 is 1.53 bits per heavy atom. The highest BCUT2D eigenvalue weighted by atomic mass is 79.9. The predicted octanol–water partition coefficient (Wildman–Crippen LogP) is 6.35. The molecule has 4 aliphatic rings. The number of methoxy groups -OCH3 is 1. The highest BCUT2D eigenvalue weighted by molar-refractivity contribution is 9.10. The number of aromatic nitrogens is 5. The van der Waals surface area contributed by atoms with Gasteiger partial charge in [0.25, 0.3) is 5.91 Å². The van der Waals surface area contributed by atoms with Crippen LogP contribution in [0.5, 0.6) is 5.75 Å². The van der Waals surface area contributed by atoms with Gasteiger partial charge < -0.3 is 35.1 Å². The highest BCUT2D eigenvalue weighted by Crippen LogP contribution is 2.43. The molecule has 3 amide bonds. The first-order valence-corrected chi connectivity index (χ1v) is 29.0. The summed E-state index contributed by atoms with van der Waals surface area (Å²) in [6.07, 6.45) is 9.95. The second-order valence-electron chi connectivity index (χ2n) is 20.1. The molecular weight excluding hydrogens is 1040 g/mol. The van der Waals surface area contributed by atoms with Gasteiger partial charge in [0, 0.05) is 126 Å². The zero-order chi connectivity index (χ0) is 52.2. The molecule has 10 rings (SSSR count). The molecule has 4 N–H and O–H groups in total. The van der Waals surface area contributed by atoms with Gasteiger partial charge in [-0.15, -0.1) is 0 Å². The fraction of sp³-hybridized carbons (Fsp3) is 0.389. The molecule has 0 spiro atoms. The minimum atomic E-state index is -2.71. The zero-order valence-electron chi connectivity index (χ0n) is 42.8. The van der Waals surface area contributed by atoms with Gasteiger partial charge in [0.2, 0.25) is 17.8 Å². The van der Waals surface area contributed by atoms with E-state index in [2.05, 4.69) is 88.9 Å². The smallest absolute Gasteiger partial charge is 0.270 e. The Kier molecular flexibility index (Phi) is 15.6. The Morgan fingerprint density at radius 1 is 0.787 bits per heavy atom. The molecule has 3 aromatic carbocycles. The number of benzene rings is 3. The van der Waals surface area contributed by atoms with Crippen molar-refractivity contribution in [3.05, 3.63) is 108 Å². The number of anilines is 6. The van der Waals surface area contributed by atoms with Gasteiger partial charge in [0.05, 0.1) is 47.7 Å². The Hall–Kier alpha value is -6.70. The van der Waals surface area contributed by atoms with E-state index in [0.29, 0.717) is 39.4 Å². The van der Waals surface area contributed by atoms with E-state index in [1.54, 1.807) is 38.9 Å². The quantitative estimate of drug-likeness (QED) is 0.0655. The summed E-state index contributed by atoms with van der Waals surface area (Å²) in [5, 5.41) is 17.1. The first-order chi connectivity index (χ1) is 36.2. The van der Waals surface area contributed by atoms with E-state index in [9.17, 15) is 18.9 Å². The number of rotatable bonds is 15. The normalized spacial score (nSPS) is 18.4. The van der Waals surface area contributed by atoms with Crippen molar-refractivity contribution in [2.45, 2.75) is 37.8 Å². The summed E-state index contributed by atoms with van der Waals surface area (Å²) >= 11 is 3.65. The molecule has 1 unspecified atom stereocenters. The van der Waals surface area contributed by atoms with E-state index < -0.39 is 25.0 Å². The van der Waals surface area contributed by atoms with Gasteiger partial charge in [-0.25, -0.2) is 9.97 Å². The molecule has 0 bridgehead atoms. The number of nitrogens with one attached hydrogen (secondary N) is 4. The van der Waals surface area contributed by atoms with Gasteiger partial charge in [0.15, 0.2) is 0 Å². The number of carbonyl (C=O) groups excluding carboxylic acids is 3. The summed E-state index contributed by atoms with van der Waals surface area (Å²) in [5.41, 5.74) is 7.79. The molecule has 0 radical (unpaired) electrons. The van der Waals surface area contributed by atoms with Gasteiger partial charge >= 0.3 is 0 Å². The molecule has 19 nitrogen and oxygen atoms in total. The summed E-state index contributed by atoms with van der Waals surface area (Å²) in [5.74, 6) is 0.322. The summed E-state index contributed by atoms with van der Waals surface area (Å²) < 4.78 is 22.2. The number of amides is 3. The Bertz CT molecular complexity index is 3080. The summed E-state index contributed by atoms with van der Waals surface area (Å²) in [4.78, 5) is 62.8. The van der Waals surface area contributed by atoms with Gasteiger partial charge in [0.1, 0.15) is 30.4 Å². The van der Waals surface area contributed by atoms with Crippen LogP contribution in [-0.2, 0) is 21.2 Å². The van der Waals surface area contributed by atoms with Crippen LogP contribution in [0.1, 0.15) is 36.2 Å². The lowest BCUT2D eigenvalue weighted by molar-refractivity contribution is -0.134. The monoisotopic (exact) mass is 1100 g/mol. The van der Waals surface area contributed by atoms with Gasteiger partial charge in [-0.2, -0.15) is 10.1 Å². The lowest BCUT2D eigenvalue weighted by atomic mass is 9.98. The molecule has 6 aromatic rings. The third-order valence-corrected chi connectivity index (χ3v) is 16.8. The van der Waals surface area contributed by atoms with Crippen molar-refractivity contribution in [3.8, 4) is 28.0 Å². The minimum Gasteiger partial charge on any atom is -0.494 e. The van der Waals surface area contributed by atoms with Crippen molar-refractivity contribution in [1.82, 2.24) is 50.1 Å². The van der Waals surface area contributed by atoms with Crippen LogP contribution in [0.4, 0.5) is 34.5 Å². The first-order valence-electron chi connectivity index (χ1n) is 25.6. The number of pyridine rings is 1. The maximum Gasteiger partial charge on any atom is 0.270 e. The number of halogens is 1. The second-order valence-corrected chi connectivity index (χ2v) is 24.1. The minimum absolute atomic E-state index is 0.199. The number of hydrogen-bond acceptors (Lipinski definition) is 16. The largest absolute Gasteiger partial charge is 0.494 e. The summed E-state index contributed by atoms with van der Waals surface area (Å²) in [6, 6.07) is 23.7. The lowest BCUT2D eigenvalue weighted by Gasteiger charge is -2.45. The number of nitrogens with zero attached hydrogens (tertiary/aromatic N) is 10. The van der Waals surface area contributed by atoms with Crippen molar-refractivity contribution >= 4 is 80.6 Å². The third-order valence-electron chi connectivity index (χ3n) is 14.7. The molecule has 4 aliphatic heterocycles. The molecule has 7 heterocycles. The first kappa shape index (κ1) is 51.8. The second kappa shape index (κ2) is 22.6. The Balaban J connectivity index is 0.735. The van der Waals surface area contributed by atoms with E-state index in [4.69, 9.17) is 9.72 Å². The van der Waals surface area contributed by atoms with Crippen molar-refractivity contribution in [1.29, 1.82) is 0 Å². The molecule has 75 heavy (non-hydrogen) atoms. The zero-order valence-corrected chi connectivity index (χ0v) is 45.3. The molecule has 0 saturated carbocycles. The average molecular weight is 1100 g/mol. The van der Waals surface area contributed by atoms with Gasteiger partial charge in [-0.1, -0.05) is 36.4 Å². The van der Waals surface area contributed by atoms with Crippen LogP contribution in [0.3, 0.4) is 0 Å². The van der Waals surface area contributed by atoms with Crippen molar-refractivity contribution in [3.63, 3.8) is 0 Å². The number of imide groups is 1. The molecule has 3 aromatic heterocycles. The maximum absolute atomic E-state index is 13.7. The number of aryl methyl sites for hydroxylation is 1. The number of carbonyl (C=O) groups is 3. The molecule has 21 heteroatoms. The fourth-order valence-corrected chi connectivity index (χ4v) is 11.9. The molecular formula is C54H64BrN14O5P. The highest BCUT2D eigenvalue weighted by Gasteiger charge is 2.32. The summed E-state index contributed by atoms with van der Waals surface area (Å²) in [6.45, 7) is 14.1. The van der Waals surface area contributed by atoms with Crippen LogP contribution in [0.15, 0.2) is 102 Å². The fourth-order valence-electron chi connectivity index (χ4n) is 10.5. The summed E-state index contributed by atoms with van der Waals surface area (Å²) in [7, 11) is 0.905. The molecule has 4 saturated heterocycles. The van der Waals surface area contributed by atoms with Crippen LogP contribution in [0.2, 0.25) is 0 Å². The van der Waals surface area contributed by atoms with Crippen LogP contribution in [0.25, 0.3) is 22.3 Å². The van der Waals surface area contributed by atoms with Crippen LogP contribution in [-0.4, -0.2) is 162 Å². The number of ether oxygens (including phenoxy) is 1. The predicted molar refractivity (Wildman–Crippen MR) is 297 cm³/mol. The average Bonchev–Trinajstić information content (AvgIpc) is 3.86. The van der Waals surface area contributed by atoms with E-state index in [0.717, 1.165) is 124 Å². The number of piperidine rings is 2. The van der Waals surface area contributed by atoms with E-state index >= 15 is 0 Å². The topological polar surface area (TPSA) is 198 Å². The maximum atomic E-state index is 13.7. The standard InChI is InChI=1S/C54H64BrN14O5P/c1-64-34-38(31-58-64)41-29-46(61-54-57-33-42(55)51(63-54)59-43-12-10-37(28-49(43)75(3,4)73)36-8-6-5-7-9-36)48(74-2)30-47(41)69-18-16-39(17-19-69)67-24-20-65(21-25-67)35-66-22-26-68(27-23-66)40-11-13-44(56-32-40)52(71)60-45-14-15-50(70)62-53(45)72/h5-13,28-34,39,45H,14-27,35H2,1-4H3,(H,60,71)(H,62,70,72)(H2,57,59,61,63). The van der Waals surface area contributed by atoms with Crippen molar-refractivity contribution in [2.75, 3.05) is 113 Å². The molecule has 392 valence electrons.